The molecule has 0 atom stereocenters. The molecule has 0 unspecified atom stereocenters. The Morgan fingerprint density at radius 1 is 0.812 bits per heavy atom. The van der Waals surface area contributed by atoms with Gasteiger partial charge in [0.05, 0.1) is 9.80 Å². The summed E-state index contributed by atoms with van der Waals surface area (Å²) in [7, 11) is -4.13. The maximum atomic E-state index is 13.4. The van der Waals surface area contributed by atoms with E-state index < -0.39 is 21.9 Å². The van der Waals surface area contributed by atoms with Crippen molar-refractivity contribution in [2.24, 2.45) is 0 Å². The number of amides is 1. The fourth-order valence-corrected chi connectivity index (χ4v) is 4.36. The van der Waals surface area contributed by atoms with Gasteiger partial charge in [-0.25, -0.2) is 8.42 Å². The van der Waals surface area contributed by atoms with E-state index >= 15 is 0 Å². The molecule has 3 aromatic rings. The Bertz CT molecular complexity index is 1250. The lowest BCUT2D eigenvalue weighted by Gasteiger charge is -2.15. The van der Waals surface area contributed by atoms with E-state index in [1.165, 1.54) is 48.6 Å². The van der Waals surface area contributed by atoms with Gasteiger partial charge in [-0.05, 0) is 29.8 Å². The number of sulfone groups is 1. The van der Waals surface area contributed by atoms with Crippen molar-refractivity contribution in [1.29, 1.82) is 0 Å². The normalized spacial score (nSPS) is 12.7. The number of alkyl halides is 3. The summed E-state index contributed by atoms with van der Waals surface area (Å²) in [6.45, 7) is 0. The summed E-state index contributed by atoms with van der Waals surface area (Å²) in [4.78, 5) is 11.2. The number of nitrogens with one attached hydrogen (secondary N) is 1. The van der Waals surface area contributed by atoms with Crippen LogP contribution >= 0.6 is 0 Å². The van der Waals surface area contributed by atoms with Crippen LogP contribution in [0.25, 0.3) is 11.0 Å². The zero-order valence-electron chi connectivity index (χ0n) is 16.6. The van der Waals surface area contributed by atoms with Crippen molar-refractivity contribution in [2.75, 3.05) is 5.32 Å². The smallest absolute Gasteiger partial charge is 0.318 e. The molecule has 3 aromatic carbocycles. The second-order valence-corrected chi connectivity index (χ2v) is 8.53. The van der Waals surface area contributed by atoms with Crippen LogP contribution in [0.3, 0.4) is 0 Å². The van der Waals surface area contributed by atoms with Gasteiger partial charge in [-0.3, -0.25) is 4.79 Å². The number of benzene rings is 3. The fraction of sp³-hybridized carbons (Fsp3) is 0.0417. The van der Waals surface area contributed by atoms with Crippen molar-refractivity contribution < 1.29 is 26.4 Å². The van der Waals surface area contributed by atoms with E-state index in [2.05, 4.69) is 0 Å². The van der Waals surface area contributed by atoms with Gasteiger partial charge in [-0.15, -0.1) is 0 Å². The molecular formula is C24H18F3NO3S. The SMILES string of the molecule is O=C(Nc1ccccc1/C(=C\C=C/c1ccccc1)S(=O)(=O)c1ccccc1)C(F)(F)F. The van der Waals surface area contributed by atoms with Crippen LogP contribution in [0, 0.1) is 0 Å². The molecule has 0 spiro atoms. The summed E-state index contributed by atoms with van der Waals surface area (Å²) in [6.07, 6.45) is -0.665. The molecule has 0 radical (unpaired) electrons. The highest BCUT2D eigenvalue weighted by atomic mass is 32.2. The molecule has 0 heterocycles. The average Bonchev–Trinajstić information content (AvgIpc) is 2.78. The molecule has 0 aliphatic carbocycles. The van der Waals surface area contributed by atoms with Crippen LogP contribution in [0.15, 0.2) is 102 Å². The molecule has 0 fully saturated rings. The summed E-state index contributed by atoms with van der Waals surface area (Å²) in [5.74, 6) is -2.19. The summed E-state index contributed by atoms with van der Waals surface area (Å²) in [5.41, 5.74) is 0.472. The van der Waals surface area contributed by atoms with Crippen LogP contribution in [-0.4, -0.2) is 20.5 Å². The van der Waals surface area contributed by atoms with Crippen LogP contribution in [0.2, 0.25) is 0 Å². The minimum absolute atomic E-state index is 0.0312. The minimum atomic E-state index is -5.12. The Hall–Kier alpha value is -3.65. The molecule has 4 nitrogen and oxygen atoms in total. The van der Waals surface area contributed by atoms with E-state index in [4.69, 9.17) is 0 Å². The van der Waals surface area contributed by atoms with Crippen molar-refractivity contribution in [2.45, 2.75) is 11.1 Å². The molecule has 0 aromatic heterocycles. The first-order valence-electron chi connectivity index (χ1n) is 9.41. The molecular weight excluding hydrogens is 439 g/mol. The fourth-order valence-electron chi connectivity index (χ4n) is 2.86. The molecule has 3 rings (SSSR count). The number of carbonyl (C=O) groups is 1. The molecule has 32 heavy (non-hydrogen) atoms. The summed E-state index contributed by atoms with van der Waals surface area (Å²) >= 11 is 0. The van der Waals surface area contributed by atoms with Crippen molar-refractivity contribution >= 4 is 32.4 Å². The van der Waals surface area contributed by atoms with Gasteiger partial charge in [0.25, 0.3) is 0 Å². The monoisotopic (exact) mass is 457 g/mol. The Kier molecular flexibility index (Phi) is 6.95. The number of para-hydroxylation sites is 1. The van der Waals surface area contributed by atoms with E-state index in [0.29, 0.717) is 0 Å². The van der Waals surface area contributed by atoms with E-state index in [0.717, 1.165) is 5.56 Å². The molecule has 0 aliphatic rings. The zero-order valence-corrected chi connectivity index (χ0v) is 17.4. The summed E-state index contributed by atoms with van der Waals surface area (Å²) in [6, 6.07) is 22.0. The average molecular weight is 457 g/mol. The first-order valence-corrected chi connectivity index (χ1v) is 10.9. The van der Waals surface area contributed by atoms with Crippen molar-refractivity contribution in [3.05, 3.63) is 108 Å². The maximum Gasteiger partial charge on any atom is 0.471 e. The van der Waals surface area contributed by atoms with Crippen molar-refractivity contribution in [3.63, 3.8) is 0 Å². The van der Waals surface area contributed by atoms with Gasteiger partial charge < -0.3 is 5.32 Å². The lowest BCUT2D eigenvalue weighted by atomic mass is 10.1. The zero-order chi connectivity index (χ0) is 23.2. The minimum Gasteiger partial charge on any atom is -0.318 e. The largest absolute Gasteiger partial charge is 0.471 e. The molecule has 0 saturated heterocycles. The predicted molar refractivity (Wildman–Crippen MR) is 118 cm³/mol. The number of halogens is 3. The highest BCUT2D eigenvalue weighted by Gasteiger charge is 2.39. The standard InChI is InChI=1S/C24H18F3NO3S/c25-24(26,27)23(29)28-21-16-8-7-15-20(21)22(17-9-12-18-10-3-1-4-11-18)32(30,31)19-13-5-2-6-14-19/h1-17H,(H,28,29)/b12-9-,22-17+. The molecule has 1 N–H and O–H groups in total. The number of hydrogen-bond donors (Lipinski definition) is 1. The second-order valence-electron chi connectivity index (χ2n) is 6.61. The number of carbonyl (C=O) groups excluding carboxylic acids is 1. The lowest BCUT2D eigenvalue weighted by molar-refractivity contribution is -0.167. The van der Waals surface area contributed by atoms with Crippen molar-refractivity contribution in [3.8, 4) is 0 Å². The van der Waals surface area contributed by atoms with Gasteiger partial charge in [0.1, 0.15) is 0 Å². The van der Waals surface area contributed by atoms with Gasteiger partial charge in [-0.1, -0.05) is 78.9 Å². The lowest BCUT2D eigenvalue weighted by Crippen LogP contribution is -2.30. The van der Waals surface area contributed by atoms with Gasteiger partial charge in [0, 0.05) is 11.3 Å². The quantitative estimate of drug-likeness (QED) is 0.482. The van der Waals surface area contributed by atoms with Gasteiger partial charge in [0.2, 0.25) is 9.84 Å². The Morgan fingerprint density at radius 3 is 2.00 bits per heavy atom. The third kappa shape index (κ3) is 5.53. The molecule has 0 bridgehead atoms. The Morgan fingerprint density at radius 2 is 1.38 bits per heavy atom. The Labute approximate surface area is 183 Å². The third-order valence-corrected chi connectivity index (χ3v) is 6.20. The van der Waals surface area contributed by atoms with Gasteiger partial charge in [-0.2, -0.15) is 13.2 Å². The second kappa shape index (κ2) is 9.65. The summed E-state index contributed by atoms with van der Waals surface area (Å²) in [5, 5.41) is 1.77. The van der Waals surface area contributed by atoms with E-state index in [-0.39, 0.29) is 21.1 Å². The molecule has 0 aliphatic heterocycles. The van der Waals surface area contributed by atoms with E-state index in [9.17, 15) is 26.4 Å². The predicted octanol–water partition coefficient (Wildman–Crippen LogP) is 5.72. The molecule has 8 heteroatoms. The molecule has 0 saturated carbocycles. The van der Waals surface area contributed by atoms with Crippen LogP contribution in [-0.2, 0) is 14.6 Å². The van der Waals surface area contributed by atoms with E-state index in [1.807, 2.05) is 30.3 Å². The molecule has 1 amide bonds. The maximum absolute atomic E-state index is 13.4. The molecule has 164 valence electrons. The third-order valence-electron chi connectivity index (χ3n) is 4.38. The number of hydrogen-bond acceptors (Lipinski definition) is 3. The highest BCUT2D eigenvalue weighted by Crippen LogP contribution is 2.33. The number of rotatable bonds is 6. The van der Waals surface area contributed by atoms with Crippen LogP contribution < -0.4 is 5.32 Å². The number of anilines is 1. The number of allylic oxidation sites excluding steroid dienone is 2. The Balaban J connectivity index is 2.13. The van der Waals surface area contributed by atoms with Crippen LogP contribution in [0.4, 0.5) is 18.9 Å². The topological polar surface area (TPSA) is 63.2 Å². The van der Waals surface area contributed by atoms with Gasteiger partial charge in [0.15, 0.2) is 0 Å². The summed E-state index contributed by atoms with van der Waals surface area (Å²) < 4.78 is 65.1. The van der Waals surface area contributed by atoms with E-state index in [1.54, 1.807) is 29.6 Å². The van der Waals surface area contributed by atoms with Crippen molar-refractivity contribution in [1.82, 2.24) is 0 Å². The van der Waals surface area contributed by atoms with Gasteiger partial charge >= 0.3 is 12.1 Å². The first-order chi connectivity index (χ1) is 15.2. The van der Waals surface area contributed by atoms with Crippen LogP contribution in [0.5, 0.6) is 0 Å². The van der Waals surface area contributed by atoms with Crippen LogP contribution in [0.1, 0.15) is 11.1 Å². The highest BCUT2D eigenvalue weighted by molar-refractivity contribution is 8.00. The first kappa shape index (κ1) is 23.0.